The van der Waals surface area contributed by atoms with Crippen LogP contribution in [0.25, 0.3) is 5.69 Å². The average molecular weight is 384 g/mol. The first kappa shape index (κ1) is 17.7. The molecule has 0 fully saturated rings. The fourth-order valence-corrected chi connectivity index (χ4v) is 4.00. The molecule has 1 atom stereocenters. The van der Waals surface area contributed by atoms with Crippen molar-refractivity contribution in [3.8, 4) is 5.69 Å². The third-order valence-electron chi connectivity index (χ3n) is 4.98. The highest BCUT2D eigenvalue weighted by molar-refractivity contribution is 6.33. The summed E-state index contributed by atoms with van der Waals surface area (Å²) in [5.41, 5.74) is 3.93. The van der Waals surface area contributed by atoms with Gasteiger partial charge in [-0.2, -0.15) is 5.10 Å². The molecular weight excluding hydrogens is 365 g/mol. The molecule has 1 N–H and O–H groups in total. The second-order valence-corrected chi connectivity index (χ2v) is 7.11. The molecule has 0 aliphatic heterocycles. The van der Waals surface area contributed by atoms with Gasteiger partial charge in [0.25, 0.3) is 5.91 Å². The molecule has 1 amide bonds. The van der Waals surface area contributed by atoms with Crippen LogP contribution in [0.5, 0.6) is 0 Å². The average Bonchev–Trinajstić information content (AvgIpc) is 2.97. The SMILES string of the molecule is Cc1nn(-c2ccc(F)cc2)c(Cl)c1C(=O)NC1CCCc2ccccc21. The Morgan fingerprint density at radius 2 is 1.96 bits per heavy atom. The molecule has 1 aliphatic rings. The summed E-state index contributed by atoms with van der Waals surface area (Å²) in [5, 5.41) is 7.70. The Balaban J connectivity index is 1.63. The van der Waals surface area contributed by atoms with E-state index in [-0.39, 0.29) is 22.9 Å². The van der Waals surface area contributed by atoms with E-state index in [1.807, 2.05) is 12.1 Å². The molecule has 0 radical (unpaired) electrons. The molecule has 27 heavy (non-hydrogen) atoms. The van der Waals surface area contributed by atoms with Gasteiger partial charge in [-0.25, -0.2) is 9.07 Å². The zero-order valence-electron chi connectivity index (χ0n) is 14.9. The molecule has 1 unspecified atom stereocenters. The van der Waals surface area contributed by atoms with Crippen LogP contribution < -0.4 is 5.32 Å². The van der Waals surface area contributed by atoms with Gasteiger partial charge >= 0.3 is 0 Å². The van der Waals surface area contributed by atoms with Crippen molar-refractivity contribution in [2.45, 2.75) is 32.2 Å². The van der Waals surface area contributed by atoms with Crippen LogP contribution in [0.4, 0.5) is 4.39 Å². The Labute approximate surface area is 162 Å². The normalized spacial score (nSPS) is 16.0. The monoisotopic (exact) mass is 383 g/mol. The van der Waals surface area contributed by atoms with Gasteiger partial charge in [0.15, 0.2) is 0 Å². The van der Waals surface area contributed by atoms with E-state index >= 15 is 0 Å². The van der Waals surface area contributed by atoms with E-state index in [0.29, 0.717) is 16.9 Å². The first-order valence-corrected chi connectivity index (χ1v) is 9.32. The Morgan fingerprint density at radius 1 is 1.22 bits per heavy atom. The van der Waals surface area contributed by atoms with Crippen molar-refractivity contribution in [1.82, 2.24) is 15.1 Å². The number of hydrogen-bond donors (Lipinski definition) is 1. The maximum Gasteiger partial charge on any atom is 0.256 e. The maximum atomic E-state index is 13.2. The highest BCUT2D eigenvalue weighted by Gasteiger charge is 2.26. The van der Waals surface area contributed by atoms with E-state index in [4.69, 9.17) is 11.6 Å². The van der Waals surface area contributed by atoms with Crippen LogP contribution in [0.2, 0.25) is 5.15 Å². The zero-order valence-corrected chi connectivity index (χ0v) is 15.6. The fraction of sp³-hybridized carbons (Fsp3) is 0.238. The predicted molar refractivity (Wildman–Crippen MR) is 103 cm³/mol. The molecular formula is C21H19ClFN3O. The van der Waals surface area contributed by atoms with E-state index in [0.717, 1.165) is 24.8 Å². The lowest BCUT2D eigenvalue weighted by atomic mass is 9.87. The Hall–Kier alpha value is -2.66. The largest absolute Gasteiger partial charge is 0.345 e. The zero-order chi connectivity index (χ0) is 19.0. The minimum atomic E-state index is -0.340. The summed E-state index contributed by atoms with van der Waals surface area (Å²) in [5.74, 6) is -0.583. The van der Waals surface area contributed by atoms with Crippen molar-refractivity contribution in [2.24, 2.45) is 0 Å². The number of aromatic nitrogens is 2. The summed E-state index contributed by atoms with van der Waals surface area (Å²) in [6, 6.07) is 14.0. The van der Waals surface area contributed by atoms with E-state index in [9.17, 15) is 9.18 Å². The highest BCUT2D eigenvalue weighted by atomic mass is 35.5. The van der Waals surface area contributed by atoms with Crippen molar-refractivity contribution >= 4 is 17.5 Å². The number of halogens is 2. The second kappa shape index (κ2) is 7.16. The quantitative estimate of drug-likeness (QED) is 0.707. The number of carbonyl (C=O) groups excluding carboxylic acids is 1. The minimum Gasteiger partial charge on any atom is -0.345 e. The Morgan fingerprint density at radius 3 is 2.74 bits per heavy atom. The number of aryl methyl sites for hydroxylation is 2. The highest BCUT2D eigenvalue weighted by Crippen LogP contribution is 2.31. The predicted octanol–water partition coefficient (Wildman–Crippen LogP) is 4.78. The standard InChI is InChI=1S/C21H19ClFN3O/c1-13-19(20(22)26(25-13)16-11-9-15(23)10-12-16)21(27)24-18-8-4-6-14-5-2-3-7-17(14)18/h2-3,5,7,9-12,18H,4,6,8H2,1H3,(H,24,27). The second-order valence-electron chi connectivity index (χ2n) is 6.76. The molecule has 1 aromatic heterocycles. The van der Waals surface area contributed by atoms with E-state index < -0.39 is 0 Å². The number of rotatable bonds is 3. The molecule has 0 bridgehead atoms. The fourth-order valence-electron chi connectivity index (χ4n) is 3.64. The molecule has 0 saturated carbocycles. The summed E-state index contributed by atoms with van der Waals surface area (Å²) in [6.07, 6.45) is 2.96. The van der Waals surface area contributed by atoms with Gasteiger partial charge in [-0.3, -0.25) is 4.79 Å². The summed E-state index contributed by atoms with van der Waals surface area (Å²) < 4.78 is 14.6. The van der Waals surface area contributed by atoms with Gasteiger partial charge in [0.1, 0.15) is 11.0 Å². The van der Waals surface area contributed by atoms with E-state index in [1.54, 1.807) is 19.1 Å². The molecule has 0 spiro atoms. The summed E-state index contributed by atoms with van der Waals surface area (Å²) in [4.78, 5) is 13.0. The first-order chi connectivity index (χ1) is 13.0. The van der Waals surface area contributed by atoms with Crippen molar-refractivity contribution in [3.63, 3.8) is 0 Å². The lowest BCUT2D eigenvalue weighted by Crippen LogP contribution is -2.31. The van der Waals surface area contributed by atoms with Crippen LogP contribution in [-0.2, 0) is 6.42 Å². The molecule has 6 heteroatoms. The smallest absolute Gasteiger partial charge is 0.256 e. The number of hydrogen-bond acceptors (Lipinski definition) is 2. The lowest BCUT2D eigenvalue weighted by Gasteiger charge is -2.26. The van der Waals surface area contributed by atoms with Gasteiger partial charge in [-0.05, 0) is 61.6 Å². The van der Waals surface area contributed by atoms with Gasteiger partial charge < -0.3 is 5.32 Å². The third-order valence-corrected chi connectivity index (χ3v) is 5.33. The summed E-state index contributed by atoms with van der Waals surface area (Å²) in [6.45, 7) is 1.75. The van der Waals surface area contributed by atoms with Crippen molar-refractivity contribution in [1.29, 1.82) is 0 Å². The molecule has 1 aliphatic carbocycles. The number of amides is 1. The van der Waals surface area contributed by atoms with Crippen molar-refractivity contribution in [3.05, 3.63) is 81.9 Å². The van der Waals surface area contributed by atoms with Crippen molar-refractivity contribution < 1.29 is 9.18 Å². The van der Waals surface area contributed by atoms with Gasteiger partial charge in [-0.15, -0.1) is 0 Å². The Kier molecular flexibility index (Phi) is 4.70. The topological polar surface area (TPSA) is 46.9 Å². The number of nitrogens with zero attached hydrogens (tertiary/aromatic N) is 2. The molecule has 138 valence electrons. The van der Waals surface area contributed by atoms with E-state index in [1.165, 1.54) is 22.4 Å². The number of fused-ring (bicyclic) bond motifs is 1. The van der Waals surface area contributed by atoms with E-state index in [2.05, 4.69) is 22.5 Å². The number of carbonyl (C=O) groups is 1. The molecule has 0 saturated heterocycles. The van der Waals surface area contributed by atoms with Gasteiger partial charge in [0, 0.05) is 0 Å². The van der Waals surface area contributed by atoms with Gasteiger partial charge in [0.2, 0.25) is 0 Å². The molecule has 3 aromatic rings. The third kappa shape index (κ3) is 3.35. The molecule has 1 heterocycles. The minimum absolute atomic E-state index is 0.0351. The van der Waals surface area contributed by atoms with Crippen LogP contribution in [-0.4, -0.2) is 15.7 Å². The van der Waals surface area contributed by atoms with Crippen LogP contribution in [0.15, 0.2) is 48.5 Å². The van der Waals surface area contributed by atoms with Crippen LogP contribution in [0.1, 0.15) is 46.1 Å². The Bertz CT molecular complexity index is 997. The molecule has 4 nitrogen and oxygen atoms in total. The number of benzene rings is 2. The lowest BCUT2D eigenvalue weighted by molar-refractivity contribution is 0.0932. The summed E-state index contributed by atoms with van der Waals surface area (Å²) in [7, 11) is 0. The van der Waals surface area contributed by atoms with Crippen LogP contribution >= 0.6 is 11.6 Å². The van der Waals surface area contributed by atoms with Crippen LogP contribution in [0, 0.1) is 12.7 Å². The van der Waals surface area contributed by atoms with Crippen LogP contribution in [0.3, 0.4) is 0 Å². The first-order valence-electron chi connectivity index (χ1n) is 8.94. The van der Waals surface area contributed by atoms with Crippen molar-refractivity contribution in [2.75, 3.05) is 0 Å². The number of nitrogens with one attached hydrogen (secondary N) is 1. The summed E-state index contributed by atoms with van der Waals surface area (Å²) >= 11 is 6.46. The van der Waals surface area contributed by atoms with Gasteiger partial charge in [-0.1, -0.05) is 35.9 Å². The molecule has 4 rings (SSSR count). The maximum absolute atomic E-state index is 13.2. The molecule has 2 aromatic carbocycles. The van der Waals surface area contributed by atoms with Gasteiger partial charge in [0.05, 0.1) is 23.0 Å².